The van der Waals surface area contributed by atoms with E-state index in [1.807, 2.05) is 36.4 Å². The van der Waals surface area contributed by atoms with Gasteiger partial charge in [-0.05, 0) is 65.4 Å². The van der Waals surface area contributed by atoms with Crippen molar-refractivity contribution in [3.05, 3.63) is 107 Å². The van der Waals surface area contributed by atoms with Crippen molar-refractivity contribution < 1.29 is 32.2 Å². The van der Waals surface area contributed by atoms with E-state index >= 15 is 0 Å². The van der Waals surface area contributed by atoms with Gasteiger partial charge in [0, 0.05) is 59.6 Å². The number of nitrogens with zero attached hydrogens (tertiary/aromatic N) is 3. The number of fused-ring (bicyclic) bond motifs is 4. The molecule has 6 rings (SSSR count). The van der Waals surface area contributed by atoms with Crippen molar-refractivity contribution in [2.75, 3.05) is 28.6 Å². The molecule has 3 aliphatic heterocycles. The van der Waals surface area contributed by atoms with E-state index in [0.29, 0.717) is 24.4 Å². The zero-order valence-corrected chi connectivity index (χ0v) is 31.2. The van der Waals surface area contributed by atoms with Gasteiger partial charge in [-0.15, -0.1) is 5.06 Å². The molecular formula is C41H46N3O7S-. The Morgan fingerprint density at radius 1 is 0.942 bits per heavy atom. The molecule has 10 nitrogen and oxygen atoms in total. The summed E-state index contributed by atoms with van der Waals surface area (Å²) in [6, 6.07) is 18.5. The van der Waals surface area contributed by atoms with Gasteiger partial charge in [0.25, 0.3) is 11.8 Å². The fourth-order valence-corrected chi connectivity index (χ4v) is 8.60. The second-order valence-electron chi connectivity index (χ2n) is 14.8. The van der Waals surface area contributed by atoms with Crippen LogP contribution < -0.4 is 9.80 Å². The highest BCUT2D eigenvalue weighted by atomic mass is 32.2. The molecule has 0 aliphatic carbocycles. The van der Waals surface area contributed by atoms with Crippen LogP contribution in [0.15, 0.2) is 90.7 Å². The molecule has 0 N–H and O–H groups in total. The monoisotopic (exact) mass is 724 g/mol. The van der Waals surface area contributed by atoms with Gasteiger partial charge in [0.1, 0.15) is 0 Å². The molecule has 0 aromatic heterocycles. The largest absolute Gasteiger partial charge is 0.748 e. The van der Waals surface area contributed by atoms with E-state index in [-0.39, 0.29) is 41.9 Å². The summed E-state index contributed by atoms with van der Waals surface area (Å²) in [7, 11) is -4.26. The number of amides is 2. The lowest BCUT2D eigenvalue weighted by Gasteiger charge is -2.32. The maximum atomic E-state index is 12.6. The second kappa shape index (κ2) is 14.4. The van der Waals surface area contributed by atoms with Gasteiger partial charge < -0.3 is 19.2 Å². The van der Waals surface area contributed by atoms with Crippen molar-refractivity contribution in [1.29, 1.82) is 0 Å². The standard InChI is InChI=1S/C41H47N3O7S/c1-6-42-32-20-18-28(27-38(47)51-44-36(45)22-23-37(44)46)26-31(32)40(2,3)34(42)16-8-7-9-17-35-41(4,5)39-30-15-11-10-14-29(30)19-21-33(39)43(35)24-12-13-25-52(48,49)50/h7-11,14-21,26,35H,6,12-13,22-25,27H2,1-5H3,(H,48,49,50)/p-1/b8-7+,17-9+,34-16-. The number of hydrogen-bond donors (Lipinski definition) is 0. The molecule has 3 heterocycles. The first-order valence-corrected chi connectivity index (χ1v) is 19.5. The summed E-state index contributed by atoms with van der Waals surface area (Å²) < 4.78 is 33.8. The fourth-order valence-electron chi connectivity index (χ4n) is 8.04. The Balaban J connectivity index is 1.21. The Hall–Kier alpha value is -4.74. The first-order chi connectivity index (χ1) is 24.6. The topological polar surface area (TPSA) is 127 Å². The number of benzene rings is 3. The molecule has 3 aromatic rings. The molecule has 1 fully saturated rings. The van der Waals surface area contributed by atoms with Crippen molar-refractivity contribution in [3.63, 3.8) is 0 Å². The summed E-state index contributed by atoms with van der Waals surface area (Å²) in [6.45, 7) is 12.3. The molecule has 0 saturated carbocycles. The highest BCUT2D eigenvalue weighted by Gasteiger charge is 2.44. The van der Waals surface area contributed by atoms with Crippen LogP contribution >= 0.6 is 0 Å². The van der Waals surface area contributed by atoms with Crippen LogP contribution in [0.4, 0.5) is 11.4 Å². The second-order valence-corrected chi connectivity index (χ2v) is 16.3. The number of carbonyl (C=O) groups is 3. The van der Waals surface area contributed by atoms with Gasteiger partial charge in [-0.25, -0.2) is 13.2 Å². The molecule has 1 unspecified atom stereocenters. The first-order valence-electron chi connectivity index (χ1n) is 17.9. The van der Waals surface area contributed by atoms with Gasteiger partial charge in [-0.1, -0.05) is 94.5 Å². The maximum Gasteiger partial charge on any atom is 0.337 e. The van der Waals surface area contributed by atoms with E-state index in [9.17, 15) is 27.4 Å². The number of hydroxylamine groups is 2. The fraction of sp³-hybridized carbons (Fsp3) is 0.390. The Labute approximate surface area is 306 Å². The van der Waals surface area contributed by atoms with Crippen LogP contribution in [0.1, 0.15) is 77.0 Å². The summed E-state index contributed by atoms with van der Waals surface area (Å²) in [5.41, 5.74) is 5.74. The molecule has 1 atom stereocenters. The minimum atomic E-state index is -4.26. The van der Waals surface area contributed by atoms with E-state index in [2.05, 4.69) is 93.0 Å². The van der Waals surface area contributed by atoms with Crippen molar-refractivity contribution in [2.45, 2.75) is 83.6 Å². The molecule has 52 heavy (non-hydrogen) atoms. The number of allylic oxidation sites excluding steroid dienone is 5. The SMILES string of the molecule is CCN1\C(=C/C=C/C=C/C2N(CCCCS(=O)(=O)[O-])c3ccc4ccccc4c3C2(C)C)C(C)(C)c2cc(CC(=O)ON3C(=O)CCC3=O)ccc21. The molecule has 3 aliphatic rings. The molecule has 11 heteroatoms. The molecule has 2 amide bonds. The average molecular weight is 725 g/mol. The molecule has 0 bridgehead atoms. The third-order valence-corrected chi connectivity index (χ3v) is 11.4. The maximum absolute atomic E-state index is 12.6. The van der Waals surface area contributed by atoms with Gasteiger partial charge >= 0.3 is 5.97 Å². The number of unbranched alkanes of at least 4 members (excludes halogenated alkanes) is 1. The third kappa shape index (κ3) is 7.16. The van der Waals surface area contributed by atoms with Crippen LogP contribution in [0.2, 0.25) is 0 Å². The summed E-state index contributed by atoms with van der Waals surface area (Å²) in [5.74, 6) is -2.02. The summed E-state index contributed by atoms with van der Waals surface area (Å²) >= 11 is 0. The number of hydrogen-bond acceptors (Lipinski definition) is 9. The highest BCUT2D eigenvalue weighted by molar-refractivity contribution is 7.85. The minimum Gasteiger partial charge on any atom is -0.748 e. The van der Waals surface area contributed by atoms with Crippen LogP contribution in [0.5, 0.6) is 0 Å². The van der Waals surface area contributed by atoms with Gasteiger partial charge in [0.05, 0.1) is 22.6 Å². The smallest absolute Gasteiger partial charge is 0.337 e. The summed E-state index contributed by atoms with van der Waals surface area (Å²) in [4.78, 5) is 46.1. The normalized spacial score (nSPS) is 20.2. The molecule has 274 valence electrons. The Kier molecular flexibility index (Phi) is 10.2. The quantitative estimate of drug-likeness (QED) is 0.0880. The third-order valence-electron chi connectivity index (χ3n) is 10.6. The molecule has 1 saturated heterocycles. The zero-order chi connectivity index (χ0) is 37.4. The number of likely N-dealkylation sites (N-methyl/N-ethyl adjacent to an activating group) is 1. The van der Waals surface area contributed by atoms with E-state index in [0.717, 1.165) is 34.7 Å². The predicted octanol–water partition coefficient (Wildman–Crippen LogP) is 6.60. The number of carbonyl (C=O) groups excluding carboxylic acids is 3. The van der Waals surface area contributed by atoms with Crippen LogP contribution in [0.25, 0.3) is 10.8 Å². The van der Waals surface area contributed by atoms with Crippen LogP contribution in [-0.2, 0) is 46.6 Å². The van der Waals surface area contributed by atoms with Crippen molar-refractivity contribution in [3.8, 4) is 0 Å². The van der Waals surface area contributed by atoms with Crippen molar-refractivity contribution in [2.24, 2.45) is 0 Å². The van der Waals surface area contributed by atoms with Crippen molar-refractivity contribution >= 4 is 50.0 Å². The summed E-state index contributed by atoms with van der Waals surface area (Å²) in [5, 5.41) is 2.95. The lowest BCUT2D eigenvalue weighted by Crippen LogP contribution is -2.40. The van der Waals surface area contributed by atoms with E-state index in [4.69, 9.17) is 4.84 Å². The zero-order valence-electron chi connectivity index (χ0n) is 30.4. The number of anilines is 2. The lowest BCUT2D eigenvalue weighted by molar-refractivity contribution is -0.197. The Morgan fingerprint density at radius 2 is 1.65 bits per heavy atom. The molecule has 0 spiro atoms. The van der Waals surface area contributed by atoms with Gasteiger partial charge in [-0.3, -0.25) is 9.59 Å². The molecule has 0 radical (unpaired) electrons. The van der Waals surface area contributed by atoms with Gasteiger partial charge in [0.2, 0.25) is 0 Å². The van der Waals surface area contributed by atoms with Gasteiger partial charge in [0.15, 0.2) is 0 Å². The van der Waals surface area contributed by atoms with Crippen LogP contribution in [-0.4, -0.2) is 60.7 Å². The van der Waals surface area contributed by atoms with E-state index in [1.54, 1.807) is 0 Å². The van der Waals surface area contributed by atoms with Gasteiger partial charge in [-0.2, -0.15) is 0 Å². The van der Waals surface area contributed by atoms with Crippen molar-refractivity contribution in [1.82, 2.24) is 5.06 Å². The average Bonchev–Trinajstić information content (AvgIpc) is 3.60. The predicted molar refractivity (Wildman–Crippen MR) is 202 cm³/mol. The summed E-state index contributed by atoms with van der Waals surface area (Å²) in [6.07, 6.45) is 11.4. The Morgan fingerprint density at radius 3 is 2.37 bits per heavy atom. The highest BCUT2D eigenvalue weighted by Crippen LogP contribution is 2.50. The van der Waals surface area contributed by atoms with E-state index in [1.165, 1.54) is 16.3 Å². The molecule has 3 aromatic carbocycles. The molecular weight excluding hydrogens is 679 g/mol. The number of rotatable bonds is 12. The lowest BCUT2D eigenvalue weighted by atomic mass is 9.78. The minimum absolute atomic E-state index is 0.000560. The first kappa shape index (κ1) is 37.0. The Bertz CT molecular complexity index is 2100. The van der Waals surface area contributed by atoms with E-state index < -0.39 is 27.9 Å². The number of imide groups is 1. The van der Waals surface area contributed by atoms with Crippen LogP contribution in [0.3, 0.4) is 0 Å². The van der Waals surface area contributed by atoms with Crippen LogP contribution in [0, 0.1) is 0 Å².